The predicted octanol–water partition coefficient (Wildman–Crippen LogP) is 1.97. The number of carbonyl (C=O) groups excluding carboxylic acids is 2. The molecule has 0 unspecified atom stereocenters. The van der Waals surface area contributed by atoms with E-state index in [2.05, 4.69) is 9.97 Å². The second kappa shape index (κ2) is 6.39. The number of aryl methyl sites for hydroxylation is 2. The van der Waals surface area contributed by atoms with Crippen LogP contribution in [0.5, 0.6) is 0 Å². The summed E-state index contributed by atoms with van der Waals surface area (Å²) in [5.74, 6) is 0.317. The summed E-state index contributed by atoms with van der Waals surface area (Å²) in [6.07, 6.45) is 3.02. The van der Waals surface area contributed by atoms with E-state index >= 15 is 0 Å². The van der Waals surface area contributed by atoms with Crippen molar-refractivity contribution in [3.8, 4) is 0 Å². The molecule has 2 aromatic rings. The van der Waals surface area contributed by atoms with Crippen LogP contribution in [-0.4, -0.2) is 45.8 Å². The summed E-state index contributed by atoms with van der Waals surface area (Å²) < 4.78 is 0. The third-order valence-corrected chi connectivity index (χ3v) is 4.22. The molecular weight excluding hydrogens is 304 g/mol. The van der Waals surface area contributed by atoms with E-state index in [0.717, 1.165) is 11.3 Å². The number of piperazine rings is 1. The maximum atomic E-state index is 12.6. The number of hydrogen-bond donors (Lipinski definition) is 0. The average molecular weight is 324 g/mol. The standard InChI is InChI=1S/C18H20N4O2/c1-12-4-6-16(7-5-12)22-10-13(2)21(11-17(22)23)18(24)15-8-19-14(3)20-9-15/h4-9,13H,10-11H2,1-3H3/t13-/m1/s1. The summed E-state index contributed by atoms with van der Waals surface area (Å²) in [6.45, 7) is 6.25. The zero-order chi connectivity index (χ0) is 17.3. The van der Waals surface area contributed by atoms with Gasteiger partial charge in [-0.15, -0.1) is 0 Å². The Morgan fingerprint density at radius 2 is 1.75 bits per heavy atom. The van der Waals surface area contributed by atoms with Crippen LogP contribution in [0.15, 0.2) is 36.7 Å². The van der Waals surface area contributed by atoms with Crippen molar-refractivity contribution in [3.63, 3.8) is 0 Å². The summed E-state index contributed by atoms with van der Waals surface area (Å²) in [4.78, 5) is 36.6. The number of carbonyl (C=O) groups is 2. The van der Waals surface area contributed by atoms with E-state index in [1.54, 1.807) is 16.7 Å². The van der Waals surface area contributed by atoms with Gasteiger partial charge in [-0.05, 0) is 32.9 Å². The molecule has 2 heterocycles. The van der Waals surface area contributed by atoms with Crippen molar-refractivity contribution in [3.05, 3.63) is 53.6 Å². The topological polar surface area (TPSA) is 66.4 Å². The molecule has 2 amide bonds. The first-order chi connectivity index (χ1) is 11.5. The number of hydrogen-bond acceptors (Lipinski definition) is 4. The SMILES string of the molecule is Cc1ccc(N2C[C@@H](C)N(C(=O)c3cnc(C)nc3)CC2=O)cc1. The quantitative estimate of drug-likeness (QED) is 0.847. The molecule has 1 saturated heterocycles. The van der Waals surface area contributed by atoms with Crippen LogP contribution in [0.4, 0.5) is 5.69 Å². The second-order valence-corrected chi connectivity index (χ2v) is 6.14. The van der Waals surface area contributed by atoms with Crippen LogP contribution in [0.25, 0.3) is 0 Å². The van der Waals surface area contributed by atoms with E-state index in [1.165, 1.54) is 12.4 Å². The van der Waals surface area contributed by atoms with Gasteiger partial charge in [0.2, 0.25) is 5.91 Å². The van der Waals surface area contributed by atoms with E-state index in [0.29, 0.717) is 17.9 Å². The zero-order valence-corrected chi connectivity index (χ0v) is 14.1. The van der Waals surface area contributed by atoms with Gasteiger partial charge in [0.25, 0.3) is 5.91 Å². The van der Waals surface area contributed by atoms with Gasteiger partial charge in [-0.2, -0.15) is 0 Å². The third kappa shape index (κ3) is 3.13. The van der Waals surface area contributed by atoms with Crippen molar-refractivity contribution in [2.75, 3.05) is 18.0 Å². The predicted molar refractivity (Wildman–Crippen MR) is 90.8 cm³/mol. The molecule has 0 aliphatic carbocycles. The lowest BCUT2D eigenvalue weighted by molar-refractivity contribution is -0.121. The van der Waals surface area contributed by atoms with Crippen LogP contribution < -0.4 is 4.90 Å². The van der Waals surface area contributed by atoms with Crippen molar-refractivity contribution < 1.29 is 9.59 Å². The van der Waals surface area contributed by atoms with E-state index in [-0.39, 0.29) is 24.4 Å². The van der Waals surface area contributed by atoms with Gasteiger partial charge in [0.1, 0.15) is 12.4 Å². The number of anilines is 1. The Kier molecular flexibility index (Phi) is 4.29. The van der Waals surface area contributed by atoms with Crippen LogP contribution in [0.3, 0.4) is 0 Å². The summed E-state index contributed by atoms with van der Waals surface area (Å²) in [6, 6.07) is 7.75. The largest absolute Gasteiger partial charge is 0.325 e. The number of amides is 2. The van der Waals surface area contributed by atoms with Crippen LogP contribution in [0, 0.1) is 13.8 Å². The van der Waals surface area contributed by atoms with Crippen molar-refractivity contribution in [1.29, 1.82) is 0 Å². The minimum atomic E-state index is -0.209. The molecule has 3 rings (SSSR count). The first kappa shape index (κ1) is 16.1. The Balaban J connectivity index is 1.77. The van der Waals surface area contributed by atoms with Crippen LogP contribution >= 0.6 is 0 Å². The Bertz CT molecular complexity index is 756. The minimum absolute atomic E-state index is 0.0573. The van der Waals surface area contributed by atoms with E-state index in [4.69, 9.17) is 0 Å². The highest BCUT2D eigenvalue weighted by molar-refractivity contribution is 6.01. The minimum Gasteiger partial charge on any atom is -0.325 e. The molecule has 1 aromatic carbocycles. The van der Waals surface area contributed by atoms with Gasteiger partial charge in [-0.3, -0.25) is 9.59 Å². The Morgan fingerprint density at radius 1 is 1.12 bits per heavy atom. The lowest BCUT2D eigenvalue weighted by Crippen LogP contribution is -2.57. The van der Waals surface area contributed by atoms with Gasteiger partial charge in [0.15, 0.2) is 0 Å². The molecule has 6 heteroatoms. The number of benzene rings is 1. The smallest absolute Gasteiger partial charge is 0.257 e. The molecule has 124 valence electrons. The molecule has 0 radical (unpaired) electrons. The van der Waals surface area contributed by atoms with Crippen LogP contribution in [-0.2, 0) is 4.79 Å². The molecule has 1 aliphatic rings. The molecule has 0 bridgehead atoms. The fraction of sp³-hybridized carbons (Fsp3) is 0.333. The third-order valence-electron chi connectivity index (χ3n) is 4.22. The van der Waals surface area contributed by atoms with Crippen molar-refractivity contribution in [2.24, 2.45) is 0 Å². The van der Waals surface area contributed by atoms with Gasteiger partial charge < -0.3 is 9.80 Å². The summed E-state index contributed by atoms with van der Waals surface area (Å²) >= 11 is 0. The zero-order valence-electron chi connectivity index (χ0n) is 14.1. The number of rotatable bonds is 2. The number of aromatic nitrogens is 2. The molecule has 1 atom stereocenters. The lowest BCUT2D eigenvalue weighted by Gasteiger charge is -2.39. The molecule has 1 aliphatic heterocycles. The van der Waals surface area contributed by atoms with Gasteiger partial charge in [0.05, 0.1) is 5.56 Å². The molecule has 0 saturated carbocycles. The molecule has 0 N–H and O–H groups in total. The van der Waals surface area contributed by atoms with Gasteiger partial charge >= 0.3 is 0 Å². The first-order valence-corrected chi connectivity index (χ1v) is 7.92. The van der Waals surface area contributed by atoms with Gasteiger partial charge in [0, 0.05) is 30.7 Å². The fourth-order valence-electron chi connectivity index (χ4n) is 2.77. The van der Waals surface area contributed by atoms with Crippen molar-refractivity contribution >= 4 is 17.5 Å². The monoisotopic (exact) mass is 324 g/mol. The average Bonchev–Trinajstić information content (AvgIpc) is 2.57. The molecule has 1 fully saturated rings. The lowest BCUT2D eigenvalue weighted by atomic mass is 10.1. The van der Waals surface area contributed by atoms with Crippen molar-refractivity contribution in [1.82, 2.24) is 14.9 Å². The molecular formula is C18H20N4O2. The Morgan fingerprint density at radius 3 is 2.38 bits per heavy atom. The molecule has 0 spiro atoms. The summed E-state index contributed by atoms with van der Waals surface area (Å²) in [5.41, 5.74) is 2.42. The van der Waals surface area contributed by atoms with Gasteiger partial charge in [-0.25, -0.2) is 9.97 Å². The fourth-order valence-corrected chi connectivity index (χ4v) is 2.77. The van der Waals surface area contributed by atoms with Crippen molar-refractivity contribution in [2.45, 2.75) is 26.8 Å². The normalized spacial score (nSPS) is 18.0. The van der Waals surface area contributed by atoms with E-state index < -0.39 is 0 Å². The Hall–Kier alpha value is -2.76. The maximum absolute atomic E-state index is 12.6. The highest BCUT2D eigenvalue weighted by Crippen LogP contribution is 2.21. The van der Waals surface area contributed by atoms with Crippen LogP contribution in [0.2, 0.25) is 0 Å². The summed E-state index contributed by atoms with van der Waals surface area (Å²) in [5, 5.41) is 0. The molecule has 24 heavy (non-hydrogen) atoms. The molecule has 1 aromatic heterocycles. The van der Waals surface area contributed by atoms with E-state index in [9.17, 15) is 9.59 Å². The molecule has 6 nitrogen and oxygen atoms in total. The first-order valence-electron chi connectivity index (χ1n) is 7.92. The number of nitrogens with zero attached hydrogens (tertiary/aromatic N) is 4. The summed E-state index contributed by atoms with van der Waals surface area (Å²) in [7, 11) is 0. The highest BCUT2D eigenvalue weighted by Gasteiger charge is 2.33. The highest BCUT2D eigenvalue weighted by atomic mass is 16.2. The van der Waals surface area contributed by atoms with E-state index in [1.807, 2.05) is 38.1 Å². The Labute approximate surface area is 141 Å². The second-order valence-electron chi connectivity index (χ2n) is 6.14. The maximum Gasteiger partial charge on any atom is 0.257 e. The van der Waals surface area contributed by atoms with Crippen LogP contribution in [0.1, 0.15) is 28.7 Å². The van der Waals surface area contributed by atoms with Gasteiger partial charge in [-0.1, -0.05) is 17.7 Å².